The second-order valence-electron chi connectivity index (χ2n) is 16.7. The van der Waals surface area contributed by atoms with Crippen LogP contribution in [0.3, 0.4) is 0 Å². The number of unbranched alkanes of at least 4 members (excludes halogenated alkanes) is 5. The van der Waals surface area contributed by atoms with E-state index in [1.54, 1.807) is 0 Å². The molecule has 0 bridgehead atoms. The van der Waals surface area contributed by atoms with E-state index >= 15 is 0 Å². The Morgan fingerprint density at radius 3 is 1.51 bits per heavy atom. The summed E-state index contributed by atoms with van der Waals surface area (Å²) in [6.07, 6.45) is 8.59. The van der Waals surface area contributed by atoms with Gasteiger partial charge >= 0.3 is 227 Å². The van der Waals surface area contributed by atoms with Crippen LogP contribution in [0.1, 0.15) is 149 Å². The van der Waals surface area contributed by atoms with E-state index in [4.69, 9.17) is 9.05 Å². The molecule has 0 unspecified atom stereocenters. The standard InChI is InChI=1S/C37H61O3P/c1-34(2,3)29-21-20-28(31(25-29)36(7,8)9)19-17-15-13-14-16-18-24-41(38,39-27-40-41)33-23-22-30(35(4,5)6)26-32(33)37(10,11)12/h20-23,25-26,38H,13-19,24,27H2,1-12H3. The van der Waals surface area contributed by atoms with Crippen LogP contribution < -0.4 is 5.30 Å². The summed E-state index contributed by atoms with van der Waals surface area (Å²) in [7, 11) is -3.81. The van der Waals surface area contributed by atoms with Gasteiger partial charge in [0, 0.05) is 0 Å². The zero-order valence-corrected chi connectivity index (χ0v) is 29.4. The van der Waals surface area contributed by atoms with Gasteiger partial charge in [0.05, 0.1) is 0 Å². The molecule has 2 aromatic rings. The molecule has 0 spiro atoms. The molecule has 0 aliphatic carbocycles. The Bertz CT molecular complexity index is 1180. The van der Waals surface area contributed by atoms with Crippen LogP contribution in [0.15, 0.2) is 36.4 Å². The number of aryl methyl sites for hydroxylation is 1. The predicted molar refractivity (Wildman–Crippen MR) is 180 cm³/mol. The molecule has 41 heavy (non-hydrogen) atoms. The summed E-state index contributed by atoms with van der Waals surface area (Å²) >= 11 is 0. The van der Waals surface area contributed by atoms with E-state index in [2.05, 4.69) is 119 Å². The van der Waals surface area contributed by atoms with Crippen LogP contribution in [0.5, 0.6) is 0 Å². The fraction of sp³-hybridized carbons (Fsp3) is 0.676. The minimum absolute atomic E-state index is 0.0421. The SMILES string of the molecule is CC(C)(C)c1ccc(CCCCCCCCP2(O)(c3ccc(C(C)(C)C)cc3C(C)(C)C)OCO2)c(C(C)(C)C)c1. The molecule has 0 atom stereocenters. The Kier molecular flexibility index (Phi) is 10.0. The fourth-order valence-corrected chi connectivity index (χ4v) is 9.23. The van der Waals surface area contributed by atoms with Gasteiger partial charge in [-0.3, -0.25) is 0 Å². The molecule has 1 aliphatic rings. The maximum absolute atomic E-state index is 12.1. The van der Waals surface area contributed by atoms with Crippen molar-refractivity contribution in [1.82, 2.24) is 0 Å². The quantitative estimate of drug-likeness (QED) is 0.223. The predicted octanol–water partition coefficient (Wildman–Crippen LogP) is 10.4. The van der Waals surface area contributed by atoms with Crippen LogP contribution in [0.25, 0.3) is 0 Å². The van der Waals surface area contributed by atoms with E-state index in [0.717, 1.165) is 30.1 Å². The molecule has 2 aromatic carbocycles. The van der Waals surface area contributed by atoms with Gasteiger partial charge in [-0.2, -0.15) is 0 Å². The van der Waals surface area contributed by atoms with E-state index in [0.29, 0.717) is 6.16 Å². The third-order valence-electron chi connectivity index (χ3n) is 8.82. The second kappa shape index (κ2) is 12.0. The zero-order valence-electron chi connectivity index (χ0n) is 28.5. The normalized spacial score (nSPS) is 18.4. The minimum atomic E-state index is -3.81. The average Bonchev–Trinajstić information content (AvgIpc) is 2.82. The van der Waals surface area contributed by atoms with Crippen LogP contribution >= 0.6 is 7.28 Å². The first-order valence-electron chi connectivity index (χ1n) is 16.0. The zero-order chi connectivity index (χ0) is 30.9. The van der Waals surface area contributed by atoms with Crippen LogP contribution in [0, 0.1) is 0 Å². The van der Waals surface area contributed by atoms with Crippen molar-refractivity contribution in [3.63, 3.8) is 0 Å². The Hall–Kier alpha value is -1.25. The third kappa shape index (κ3) is 8.23. The summed E-state index contributed by atoms with van der Waals surface area (Å²) in [5.74, 6) is 0. The van der Waals surface area contributed by atoms with Crippen LogP contribution in [-0.2, 0) is 37.1 Å². The van der Waals surface area contributed by atoms with Crippen LogP contribution in [0.2, 0.25) is 0 Å². The number of rotatable bonds is 10. The van der Waals surface area contributed by atoms with Crippen molar-refractivity contribution < 1.29 is 13.9 Å². The molecule has 1 N–H and O–H groups in total. The fourth-order valence-electron chi connectivity index (χ4n) is 5.98. The van der Waals surface area contributed by atoms with Gasteiger partial charge in [-0.15, -0.1) is 0 Å². The average molecular weight is 585 g/mol. The summed E-state index contributed by atoms with van der Waals surface area (Å²) in [5, 5.41) is 0.898. The molecule has 232 valence electrons. The molecular formula is C37H61O3P. The number of hydrogen-bond donors (Lipinski definition) is 1. The molecule has 1 saturated heterocycles. The topological polar surface area (TPSA) is 38.7 Å². The summed E-state index contributed by atoms with van der Waals surface area (Å²) < 4.78 is 12.2. The van der Waals surface area contributed by atoms with Gasteiger partial charge in [0.1, 0.15) is 0 Å². The molecule has 0 radical (unpaired) electrons. The van der Waals surface area contributed by atoms with Crippen molar-refractivity contribution in [2.45, 2.75) is 150 Å². The number of benzene rings is 2. The van der Waals surface area contributed by atoms with E-state index in [9.17, 15) is 4.89 Å². The summed E-state index contributed by atoms with van der Waals surface area (Å²) in [4.78, 5) is 12.1. The first-order valence-corrected chi connectivity index (χ1v) is 18.2. The van der Waals surface area contributed by atoms with Gasteiger partial charge in [-0.05, 0) is 5.41 Å². The van der Waals surface area contributed by atoms with Gasteiger partial charge < -0.3 is 0 Å². The summed E-state index contributed by atoms with van der Waals surface area (Å²) in [6, 6.07) is 13.7. The van der Waals surface area contributed by atoms with Crippen molar-refractivity contribution in [1.29, 1.82) is 0 Å². The van der Waals surface area contributed by atoms with Crippen molar-refractivity contribution in [2.24, 2.45) is 0 Å². The molecule has 0 saturated carbocycles. The van der Waals surface area contributed by atoms with E-state index in [1.807, 2.05) is 0 Å². The van der Waals surface area contributed by atoms with Gasteiger partial charge in [0.25, 0.3) is 0 Å². The molecule has 3 rings (SSSR count). The van der Waals surface area contributed by atoms with Crippen LogP contribution in [0.4, 0.5) is 0 Å². The van der Waals surface area contributed by atoms with Gasteiger partial charge in [-0.25, -0.2) is 0 Å². The molecule has 1 heterocycles. The monoisotopic (exact) mass is 584 g/mol. The Labute approximate surface area is 253 Å². The summed E-state index contributed by atoms with van der Waals surface area (Å²) in [5.41, 5.74) is 7.10. The van der Waals surface area contributed by atoms with E-state index in [1.165, 1.54) is 47.9 Å². The van der Waals surface area contributed by atoms with Gasteiger partial charge in [0.15, 0.2) is 0 Å². The first kappa shape index (κ1) is 34.2. The molecule has 1 aliphatic heterocycles. The number of hydrogen-bond acceptors (Lipinski definition) is 3. The molecule has 0 aromatic heterocycles. The van der Waals surface area contributed by atoms with Crippen LogP contribution in [-0.4, -0.2) is 17.8 Å². The Balaban J connectivity index is 1.57. The van der Waals surface area contributed by atoms with Crippen molar-refractivity contribution in [3.05, 3.63) is 64.2 Å². The maximum atomic E-state index is 12.1. The molecule has 3 nitrogen and oxygen atoms in total. The third-order valence-corrected chi connectivity index (χ3v) is 12.5. The molecule has 4 heteroatoms. The Morgan fingerprint density at radius 2 is 1.05 bits per heavy atom. The second-order valence-corrected chi connectivity index (χ2v) is 20.3. The molecular weight excluding hydrogens is 523 g/mol. The van der Waals surface area contributed by atoms with Gasteiger partial charge in [0.2, 0.25) is 0 Å². The molecule has 1 fully saturated rings. The Morgan fingerprint density at radius 1 is 0.585 bits per heavy atom. The van der Waals surface area contributed by atoms with Crippen molar-refractivity contribution in [2.75, 3.05) is 13.0 Å². The van der Waals surface area contributed by atoms with E-state index in [-0.39, 0.29) is 28.5 Å². The van der Waals surface area contributed by atoms with Gasteiger partial charge in [-0.1, -0.05) is 20.8 Å². The first-order chi connectivity index (χ1) is 18.6. The van der Waals surface area contributed by atoms with E-state index < -0.39 is 7.28 Å². The summed E-state index contributed by atoms with van der Waals surface area (Å²) in [6.45, 7) is 27.4. The van der Waals surface area contributed by atoms with Crippen molar-refractivity contribution >= 4 is 12.6 Å². The molecule has 0 amide bonds. The van der Waals surface area contributed by atoms with Crippen molar-refractivity contribution in [3.8, 4) is 0 Å².